The minimum atomic E-state index is -0.0390. The van der Waals surface area contributed by atoms with Gasteiger partial charge in [0.1, 0.15) is 0 Å². The van der Waals surface area contributed by atoms with Crippen LogP contribution in [0.2, 0.25) is 0 Å². The largest absolute Gasteiger partial charge is 0.357 e. The number of unbranched alkanes of at least 4 members (excludes halogenated alkanes) is 2. The summed E-state index contributed by atoms with van der Waals surface area (Å²) in [7, 11) is 0. The molecule has 1 aromatic rings. The fourth-order valence-electron chi connectivity index (χ4n) is 2.57. The fraction of sp³-hybridized carbons (Fsp3) is 0.600. The molecule has 1 aromatic carbocycles. The first-order chi connectivity index (χ1) is 12.1. The smallest absolute Gasteiger partial charge is 0.251 e. The van der Waals surface area contributed by atoms with Crippen molar-refractivity contribution in [2.24, 2.45) is 4.99 Å². The Morgan fingerprint density at radius 1 is 1.12 bits per heavy atom. The van der Waals surface area contributed by atoms with E-state index >= 15 is 0 Å². The Morgan fingerprint density at radius 2 is 1.85 bits per heavy atom. The van der Waals surface area contributed by atoms with Gasteiger partial charge in [-0.05, 0) is 44.9 Å². The number of guanidine groups is 1. The van der Waals surface area contributed by atoms with Crippen molar-refractivity contribution in [3.05, 3.63) is 35.4 Å². The fourth-order valence-corrected chi connectivity index (χ4v) is 2.57. The second-order valence-corrected chi connectivity index (χ2v) is 6.30. The number of nitrogens with zero attached hydrogens (tertiary/aromatic N) is 1. The maximum absolute atomic E-state index is 11.9. The third-order valence-electron chi connectivity index (χ3n) is 3.91. The molecule has 0 saturated heterocycles. The molecular weight excluding hydrogens is 439 g/mol. The first-order valence-corrected chi connectivity index (χ1v) is 9.52. The molecule has 26 heavy (non-hydrogen) atoms. The normalized spacial score (nSPS) is 12.1. The first-order valence-electron chi connectivity index (χ1n) is 9.52. The van der Waals surface area contributed by atoms with Gasteiger partial charge < -0.3 is 16.0 Å². The van der Waals surface area contributed by atoms with Gasteiger partial charge in [0.15, 0.2) is 5.96 Å². The number of benzene rings is 1. The summed E-state index contributed by atoms with van der Waals surface area (Å²) in [6.07, 6.45) is 4.89. The van der Waals surface area contributed by atoms with Crippen LogP contribution in [0.5, 0.6) is 0 Å². The van der Waals surface area contributed by atoms with E-state index in [-0.39, 0.29) is 29.9 Å². The molecule has 0 saturated carbocycles. The summed E-state index contributed by atoms with van der Waals surface area (Å²) in [5.74, 6) is 0.790. The summed E-state index contributed by atoms with van der Waals surface area (Å²) in [5.41, 5.74) is 1.71. The summed E-state index contributed by atoms with van der Waals surface area (Å²) >= 11 is 0. The predicted octanol–water partition coefficient (Wildman–Crippen LogP) is 4.08. The van der Waals surface area contributed by atoms with Crippen LogP contribution in [-0.4, -0.2) is 31.0 Å². The lowest BCUT2D eigenvalue weighted by Crippen LogP contribution is -2.42. The van der Waals surface area contributed by atoms with E-state index < -0.39 is 0 Å². The van der Waals surface area contributed by atoms with Gasteiger partial charge in [-0.3, -0.25) is 4.79 Å². The molecule has 0 aliphatic heterocycles. The van der Waals surface area contributed by atoms with Crippen molar-refractivity contribution in [1.82, 2.24) is 16.0 Å². The van der Waals surface area contributed by atoms with Crippen molar-refractivity contribution >= 4 is 35.8 Å². The summed E-state index contributed by atoms with van der Waals surface area (Å²) in [6, 6.07) is 8.04. The molecule has 0 heterocycles. The average molecular weight is 474 g/mol. The lowest BCUT2D eigenvalue weighted by molar-refractivity contribution is 0.0955. The van der Waals surface area contributed by atoms with Crippen LogP contribution >= 0.6 is 24.0 Å². The summed E-state index contributed by atoms with van der Waals surface area (Å²) in [4.78, 5) is 16.6. The quantitative estimate of drug-likeness (QED) is 0.207. The lowest BCUT2D eigenvalue weighted by atomic mass is 10.1. The second-order valence-electron chi connectivity index (χ2n) is 6.30. The molecule has 1 unspecified atom stereocenters. The maximum atomic E-state index is 11.9. The zero-order valence-corrected chi connectivity index (χ0v) is 18.9. The number of amides is 1. The Bertz CT molecular complexity index is 548. The molecular formula is C20H35IN4O. The molecule has 0 bridgehead atoms. The number of hydrogen-bond acceptors (Lipinski definition) is 2. The number of nitrogens with one attached hydrogen (secondary N) is 3. The SMILES string of the molecule is CCCCCC(C)NC(=NCc1cccc(C(=O)NCC)c1)NCC.I. The highest BCUT2D eigenvalue weighted by Crippen LogP contribution is 2.07. The molecule has 3 N–H and O–H groups in total. The molecule has 0 aromatic heterocycles. The highest BCUT2D eigenvalue weighted by molar-refractivity contribution is 14.0. The van der Waals surface area contributed by atoms with Crippen LogP contribution in [0.4, 0.5) is 0 Å². The Morgan fingerprint density at radius 3 is 2.50 bits per heavy atom. The van der Waals surface area contributed by atoms with E-state index in [0.717, 1.165) is 24.5 Å². The van der Waals surface area contributed by atoms with Crippen LogP contribution < -0.4 is 16.0 Å². The zero-order valence-electron chi connectivity index (χ0n) is 16.6. The number of halogens is 1. The van der Waals surface area contributed by atoms with Gasteiger partial charge in [0, 0.05) is 24.7 Å². The number of carbonyl (C=O) groups excluding carboxylic acids is 1. The van der Waals surface area contributed by atoms with Gasteiger partial charge >= 0.3 is 0 Å². The number of carbonyl (C=O) groups is 1. The monoisotopic (exact) mass is 474 g/mol. The van der Waals surface area contributed by atoms with E-state index in [0.29, 0.717) is 24.7 Å². The molecule has 0 radical (unpaired) electrons. The molecule has 1 atom stereocenters. The van der Waals surface area contributed by atoms with Gasteiger partial charge in [-0.15, -0.1) is 24.0 Å². The van der Waals surface area contributed by atoms with Crippen LogP contribution in [0.1, 0.15) is 69.3 Å². The Kier molecular flexibility index (Phi) is 14.1. The topological polar surface area (TPSA) is 65.5 Å². The molecule has 0 aliphatic rings. The van der Waals surface area contributed by atoms with Crippen LogP contribution in [0, 0.1) is 0 Å². The van der Waals surface area contributed by atoms with E-state index in [2.05, 4.69) is 41.7 Å². The molecule has 148 valence electrons. The molecule has 5 nitrogen and oxygen atoms in total. The standard InChI is InChI=1S/C20H34N4O.HI/c1-5-8-9-11-16(4)24-20(22-7-3)23-15-17-12-10-13-18(14-17)19(25)21-6-2;/h10,12-14,16H,5-9,11,15H2,1-4H3,(H,21,25)(H2,22,23,24);1H. The van der Waals surface area contributed by atoms with Gasteiger partial charge in [-0.25, -0.2) is 4.99 Å². The van der Waals surface area contributed by atoms with Crippen molar-refractivity contribution < 1.29 is 4.79 Å². The van der Waals surface area contributed by atoms with Gasteiger partial charge in [-0.1, -0.05) is 38.3 Å². The molecule has 0 aliphatic carbocycles. The van der Waals surface area contributed by atoms with Crippen molar-refractivity contribution in [3.63, 3.8) is 0 Å². The Labute approximate surface area is 175 Å². The molecule has 6 heteroatoms. The van der Waals surface area contributed by atoms with Crippen molar-refractivity contribution in [1.29, 1.82) is 0 Å². The van der Waals surface area contributed by atoms with Crippen LogP contribution in [0.25, 0.3) is 0 Å². The second kappa shape index (κ2) is 14.8. The van der Waals surface area contributed by atoms with Crippen LogP contribution in [0.3, 0.4) is 0 Å². The molecule has 1 amide bonds. The number of hydrogen-bond donors (Lipinski definition) is 3. The first kappa shape index (κ1) is 24.7. The third kappa shape index (κ3) is 9.99. The van der Waals surface area contributed by atoms with Crippen molar-refractivity contribution in [2.45, 2.75) is 66.0 Å². The Balaban J connectivity index is 0.00000625. The minimum absolute atomic E-state index is 0. The van der Waals surface area contributed by atoms with Gasteiger partial charge in [0.2, 0.25) is 0 Å². The Hall–Kier alpha value is -1.31. The zero-order chi connectivity index (χ0) is 18.5. The van der Waals surface area contributed by atoms with Crippen molar-refractivity contribution in [3.8, 4) is 0 Å². The van der Waals surface area contributed by atoms with E-state index in [1.807, 2.05) is 31.2 Å². The predicted molar refractivity (Wildman–Crippen MR) is 121 cm³/mol. The highest BCUT2D eigenvalue weighted by Gasteiger charge is 2.06. The summed E-state index contributed by atoms with van der Waals surface area (Å²) in [5, 5.41) is 9.58. The maximum Gasteiger partial charge on any atom is 0.251 e. The summed E-state index contributed by atoms with van der Waals surface area (Å²) < 4.78 is 0. The number of aliphatic imine (C=N–C) groups is 1. The van der Waals surface area contributed by atoms with Gasteiger partial charge in [-0.2, -0.15) is 0 Å². The molecule has 0 fully saturated rings. The average Bonchev–Trinajstić information content (AvgIpc) is 2.60. The highest BCUT2D eigenvalue weighted by atomic mass is 127. The van der Waals surface area contributed by atoms with E-state index in [1.165, 1.54) is 19.3 Å². The third-order valence-corrected chi connectivity index (χ3v) is 3.91. The van der Waals surface area contributed by atoms with Crippen LogP contribution in [-0.2, 0) is 6.54 Å². The number of rotatable bonds is 10. The van der Waals surface area contributed by atoms with Gasteiger partial charge in [0.25, 0.3) is 5.91 Å². The van der Waals surface area contributed by atoms with Crippen molar-refractivity contribution in [2.75, 3.05) is 13.1 Å². The molecule has 1 rings (SSSR count). The van der Waals surface area contributed by atoms with E-state index in [1.54, 1.807) is 0 Å². The van der Waals surface area contributed by atoms with Crippen LogP contribution in [0.15, 0.2) is 29.3 Å². The van der Waals surface area contributed by atoms with Gasteiger partial charge in [0.05, 0.1) is 6.54 Å². The molecule has 0 spiro atoms. The summed E-state index contributed by atoms with van der Waals surface area (Å²) in [6.45, 7) is 10.4. The van der Waals surface area contributed by atoms with E-state index in [9.17, 15) is 4.79 Å². The lowest BCUT2D eigenvalue weighted by Gasteiger charge is -2.17. The van der Waals surface area contributed by atoms with E-state index in [4.69, 9.17) is 0 Å². The minimum Gasteiger partial charge on any atom is -0.357 e.